The van der Waals surface area contributed by atoms with E-state index in [1.54, 1.807) is 36.3 Å². The molecule has 2 aliphatic heterocycles. The van der Waals surface area contributed by atoms with Crippen molar-refractivity contribution in [1.82, 2.24) is 9.80 Å². The minimum absolute atomic E-state index is 0.0533. The topological polar surface area (TPSA) is 88.2 Å². The average Bonchev–Trinajstić information content (AvgIpc) is 2.62. The molecule has 0 spiro atoms. The summed E-state index contributed by atoms with van der Waals surface area (Å²) in [5, 5.41) is 2.84. The second kappa shape index (κ2) is 7.52. The second-order valence-corrected chi connectivity index (χ2v) is 6.03. The number of likely N-dealkylation sites (tertiary alicyclic amines) is 1. The van der Waals surface area contributed by atoms with Crippen LogP contribution in [0.4, 0.5) is 10.5 Å². The summed E-state index contributed by atoms with van der Waals surface area (Å²) in [4.78, 5) is 39.2. The molecule has 0 saturated carbocycles. The van der Waals surface area contributed by atoms with Gasteiger partial charge in [-0.2, -0.15) is 0 Å². The number of nitrogens with one attached hydrogen (secondary N) is 1. The first-order chi connectivity index (χ1) is 12.1. The van der Waals surface area contributed by atoms with Crippen molar-refractivity contribution in [3.05, 3.63) is 24.3 Å². The van der Waals surface area contributed by atoms with E-state index in [1.807, 2.05) is 0 Å². The van der Waals surface area contributed by atoms with Gasteiger partial charge >= 0.3 is 6.03 Å². The standard InChI is InChI=1S/C17H21N3O5/c1-24-14-4-2-3-12(9-14)18-17(23)19-7-5-13(6-8-19)20-15(21)10-25-11-16(20)22/h2-4,9,13H,5-8,10-11H2,1H3,(H,18,23). The molecule has 1 aromatic rings. The summed E-state index contributed by atoms with van der Waals surface area (Å²) in [6.07, 6.45) is 1.14. The predicted molar refractivity (Wildman–Crippen MR) is 89.3 cm³/mol. The van der Waals surface area contributed by atoms with E-state index in [0.29, 0.717) is 37.4 Å². The SMILES string of the molecule is COc1cccc(NC(=O)N2CCC(N3C(=O)COCC3=O)CC2)c1. The molecule has 25 heavy (non-hydrogen) atoms. The van der Waals surface area contributed by atoms with Gasteiger partial charge < -0.3 is 19.7 Å². The Kier molecular flexibility index (Phi) is 5.18. The van der Waals surface area contributed by atoms with Gasteiger partial charge in [0.1, 0.15) is 19.0 Å². The number of carbonyl (C=O) groups is 3. The Hall–Kier alpha value is -2.61. The third-order valence-electron chi connectivity index (χ3n) is 4.43. The number of benzene rings is 1. The Morgan fingerprint density at radius 1 is 1.20 bits per heavy atom. The maximum absolute atomic E-state index is 12.4. The van der Waals surface area contributed by atoms with E-state index in [0.717, 1.165) is 0 Å². The van der Waals surface area contributed by atoms with Crippen LogP contribution in [0.5, 0.6) is 5.75 Å². The summed E-state index contributed by atoms with van der Waals surface area (Å²) >= 11 is 0. The zero-order valence-electron chi connectivity index (χ0n) is 14.1. The molecule has 0 radical (unpaired) electrons. The number of methoxy groups -OCH3 is 1. The van der Waals surface area contributed by atoms with Crippen molar-refractivity contribution in [3.8, 4) is 5.75 Å². The molecule has 0 aliphatic carbocycles. The third-order valence-corrected chi connectivity index (χ3v) is 4.43. The largest absolute Gasteiger partial charge is 0.497 e. The summed E-state index contributed by atoms with van der Waals surface area (Å²) < 4.78 is 10.1. The molecule has 8 nitrogen and oxygen atoms in total. The number of hydrogen-bond acceptors (Lipinski definition) is 5. The molecule has 2 aliphatic rings. The molecule has 3 rings (SSSR count). The van der Waals surface area contributed by atoms with Crippen molar-refractivity contribution >= 4 is 23.5 Å². The van der Waals surface area contributed by atoms with Crippen molar-refractivity contribution < 1.29 is 23.9 Å². The Bertz CT molecular complexity index is 654. The molecule has 0 atom stereocenters. The van der Waals surface area contributed by atoms with Gasteiger partial charge in [0.05, 0.1) is 7.11 Å². The van der Waals surface area contributed by atoms with E-state index >= 15 is 0 Å². The van der Waals surface area contributed by atoms with Gasteiger partial charge in [-0.1, -0.05) is 6.07 Å². The number of nitrogens with zero attached hydrogens (tertiary/aromatic N) is 2. The number of piperidine rings is 1. The summed E-state index contributed by atoms with van der Waals surface area (Å²) in [7, 11) is 1.57. The smallest absolute Gasteiger partial charge is 0.321 e. The van der Waals surface area contributed by atoms with Gasteiger partial charge in [0, 0.05) is 30.9 Å². The normalized spacial score (nSPS) is 19.1. The van der Waals surface area contributed by atoms with Crippen LogP contribution in [0.1, 0.15) is 12.8 Å². The molecular weight excluding hydrogens is 326 g/mol. The first-order valence-corrected chi connectivity index (χ1v) is 8.21. The minimum Gasteiger partial charge on any atom is -0.497 e. The fourth-order valence-electron chi connectivity index (χ4n) is 3.14. The van der Waals surface area contributed by atoms with Gasteiger partial charge in [-0.3, -0.25) is 14.5 Å². The predicted octanol–water partition coefficient (Wildman–Crippen LogP) is 1.08. The maximum Gasteiger partial charge on any atom is 0.321 e. The highest BCUT2D eigenvalue weighted by molar-refractivity contribution is 5.98. The van der Waals surface area contributed by atoms with Crippen molar-refractivity contribution in [2.75, 3.05) is 38.7 Å². The van der Waals surface area contributed by atoms with Gasteiger partial charge in [0.15, 0.2) is 0 Å². The van der Waals surface area contributed by atoms with Gasteiger partial charge in [-0.15, -0.1) is 0 Å². The van der Waals surface area contributed by atoms with Crippen LogP contribution >= 0.6 is 0 Å². The van der Waals surface area contributed by atoms with Crippen molar-refractivity contribution in [2.45, 2.75) is 18.9 Å². The first kappa shape index (κ1) is 17.2. The van der Waals surface area contributed by atoms with Crippen LogP contribution < -0.4 is 10.1 Å². The molecule has 0 unspecified atom stereocenters. The van der Waals surface area contributed by atoms with E-state index in [4.69, 9.17) is 9.47 Å². The molecule has 2 saturated heterocycles. The molecule has 2 fully saturated rings. The Morgan fingerprint density at radius 3 is 2.52 bits per heavy atom. The van der Waals surface area contributed by atoms with Crippen LogP contribution in [0, 0.1) is 0 Å². The number of anilines is 1. The highest BCUT2D eigenvalue weighted by atomic mass is 16.5. The molecule has 8 heteroatoms. The minimum atomic E-state index is -0.296. The lowest BCUT2D eigenvalue weighted by molar-refractivity contribution is -0.162. The van der Waals surface area contributed by atoms with Crippen molar-refractivity contribution in [2.24, 2.45) is 0 Å². The fourth-order valence-corrected chi connectivity index (χ4v) is 3.14. The molecule has 1 aromatic carbocycles. The molecule has 1 N–H and O–H groups in total. The molecule has 0 aromatic heterocycles. The van der Waals surface area contributed by atoms with Crippen LogP contribution in [-0.4, -0.2) is 67.1 Å². The number of ether oxygens (including phenoxy) is 2. The number of amides is 4. The van der Waals surface area contributed by atoms with Crippen LogP contribution in [0.2, 0.25) is 0 Å². The van der Waals surface area contributed by atoms with E-state index in [-0.39, 0.29) is 37.1 Å². The average molecular weight is 347 g/mol. The van der Waals surface area contributed by atoms with Crippen LogP contribution in [-0.2, 0) is 14.3 Å². The van der Waals surface area contributed by atoms with Crippen molar-refractivity contribution in [1.29, 1.82) is 0 Å². The van der Waals surface area contributed by atoms with Crippen LogP contribution in [0.15, 0.2) is 24.3 Å². The number of urea groups is 1. The van der Waals surface area contributed by atoms with Crippen LogP contribution in [0.3, 0.4) is 0 Å². The van der Waals surface area contributed by atoms with E-state index in [1.165, 1.54) is 4.90 Å². The second-order valence-electron chi connectivity index (χ2n) is 6.03. The molecular formula is C17H21N3O5. The highest BCUT2D eigenvalue weighted by Gasteiger charge is 2.35. The highest BCUT2D eigenvalue weighted by Crippen LogP contribution is 2.21. The van der Waals surface area contributed by atoms with Gasteiger partial charge in [-0.05, 0) is 25.0 Å². The van der Waals surface area contributed by atoms with E-state index < -0.39 is 0 Å². The summed E-state index contributed by atoms with van der Waals surface area (Å²) in [6.45, 7) is 0.862. The summed E-state index contributed by atoms with van der Waals surface area (Å²) in [5.41, 5.74) is 0.657. The number of imide groups is 1. The van der Waals surface area contributed by atoms with Crippen molar-refractivity contribution in [3.63, 3.8) is 0 Å². The monoisotopic (exact) mass is 347 g/mol. The van der Waals surface area contributed by atoms with E-state index in [2.05, 4.69) is 5.32 Å². The molecule has 4 amide bonds. The molecule has 2 heterocycles. The Balaban J connectivity index is 1.55. The Labute approximate surface area is 145 Å². The lowest BCUT2D eigenvalue weighted by Crippen LogP contribution is -2.55. The van der Waals surface area contributed by atoms with Gasteiger partial charge in [-0.25, -0.2) is 4.79 Å². The number of carbonyl (C=O) groups excluding carboxylic acids is 3. The Morgan fingerprint density at radius 2 is 1.88 bits per heavy atom. The number of hydrogen-bond donors (Lipinski definition) is 1. The summed E-state index contributed by atoms with van der Waals surface area (Å²) in [6, 6.07) is 6.78. The van der Waals surface area contributed by atoms with Crippen LogP contribution in [0.25, 0.3) is 0 Å². The lowest BCUT2D eigenvalue weighted by atomic mass is 10.0. The van der Waals surface area contributed by atoms with Gasteiger partial charge in [0.25, 0.3) is 11.8 Å². The number of morpholine rings is 1. The molecule has 134 valence electrons. The summed E-state index contributed by atoms with van der Waals surface area (Å²) in [5.74, 6) is 0.0758. The quantitative estimate of drug-likeness (QED) is 0.827. The fraction of sp³-hybridized carbons (Fsp3) is 0.471. The maximum atomic E-state index is 12.4. The first-order valence-electron chi connectivity index (χ1n) is 8.21. The zero-order valence-corrected chi connectivity index (χ0v) is 14.1. The lowest BCUT2D eigenvalue weighted by Gasteiger charge is -2.38. The van der Waals surface area contributed by atoms with Gasteiger partial charge in [0.2, 0.25) is 0 Å². The van der Waals surface area contributed by atoms with E-state index in [9.17, 15) is 14.4 Å². The molecule has 0 bridgehead atoms. The number of rotatable bonds is 3. The zero-order chi connectivity index (χ0) is 17.8. The third kappa shape index (κ3) is 3.90.